The van der Waals surface area contributed by atoms with Crippen LogP contribution in [0.15, 0.2) is 46.9 Å². The predicted molar refractivity (Wildman–Crippen MR) is 97.1 cm³/mol. The summed E-state index contributed by atoms with van der Waals surface area (Å²) in [5.74, 6) is -4.86. The van der Waals surface area contributed by atoms with E-state index in [0.29, 0.717) is 0 Å². The number of esters is 1. The highest BCUT2D eigenvalue weighted by Crippen LogP contribution is 2.51. The smallest absolute Gasteiger partial charge is 0.450 e. The maximum atomic E-state index is 13.8. The van der Waals surface area contributed by atoms with Crippen LogP contribution < -0.4 is 0 Å². The Morgan fingerprint density at radius 2 is 1.83 bits per heavy atom. The number of halogens is 3. The minimum Gasteiger partial charge on any atom is -0.466 e. The number of ketones is 1. The summed E-state index contributed by atoms with van der Waals surface area (Å²) in [6.07, 6.45) is -4.91. The van der Waals surface area contributed by atoms with E-state index in [1.807, 2.05) is 0 Å². The van der Waals surface area contributed by atoms with Gasteiger partial charge in [0.2, 0.25) is 5.76 Å². The normalized spacial score (nSPS) is 21.1. The van der Waals surface area contributed by atoms with Crippen LogP contribution in [-0.4, -0.2) is 30.0 Å². The second-order valence-electron chi connectivity index (χ2n) is 7.89. The van der Waals surface area contributed by atoms with Gasteiger partial charge in [-0.25, -0.2) is 4.79 Å². The molecule has 1 aliphatic carbocycles. The molecule has 1 heterocycles. The molecule has 0 spiro atoms. The number of methoxy groups -OCH3 is 1. The lowest BCUT2D eigenvalue weighted by atomic mass is 9.69. The average Bonchev–Trinajstić information content (AvgIpc) is 2.64. The number of non-ortho nitro benzene ring substituents is 1. The summed E-state index contributed by atoms with van der Waals surface area (Å²) in [6.45, 7) is 3.46. The zero-order chi connectivity index (χ0) is 22.4. The van der Waals surface area contributed by atoms with Crippen LogP contribution in [0.5, 0.6) is 0 Å². The molecular formula is C20H18F3NO6. The molecule has 0 fully saturated rings. The van der Waals surface area contributed by atoms with E-state index in [-0.39, 0.29) is 35.4 Å². The van der Waals surface area contributed by atoms with Gasteiger partial charge in [-0.05, 0) is 11.0 Å². The van der Waals surface area contributed by atoms with Gasteiger partial charge in [-0.3, -0.25) is 14.9 Å². The lowest BCUT2D eigenvalue weighted by molar-refractivity contribution is -0.384. The first-order chi connectivity index (χ1) is 13.9. The number of carbonyl (C=O) groups is 2. The number of nitro benzene ring substituents is 1. The van der Waals surface area contributed by atoms with Gasteiger partial charge >= 0.3 is 12.1 Å². The van der Waals surface area contributed by atoms with Crippen LogP contribution in [0.4, 0.5) is 18.9 Å². The molecule has 1 atom stereocenters. The van der Waals surface area contributed by atoms with Crippen molar-refractivity contribution in [3.8, 4) is 0 Å². The third-order valence-electron chi connectivity index (χ3n) is 5.03. The number of carbonyl (C=O) groups excluding carboxylic acids is 2. The molecule has 30 heavy (non-hydrogen) atoms. The largest absolute Gasteiger partial charge is 0.466 e. The summed E-state index contributed by atoms with van der Waals surface area (Å²) in [6, 6.07) is 4.65. The molecular weight excluding hydrogens is 407 g/mol. The number of ether oxygens (including phenoxy) is 2. The molecule has 0 N–H and O–H groups in total. The van der Waals surface area contributed by atoms with Gasteiger partial charge in [0.1, 0.15) is 5.76 Å². The standard InChI is InChI=1S/C20H18F3NO6/c1-19(2)8-12(25)15-13(9-19)30-17(20(21,22)23)16(18(26)29-3)14(15)10-4-6-11(7-5-10)24(27)28/h4-7,14H,8-9H2,1-3H3. The lowest BCUT2D eigenvalue weighted by Crippen LogP contribution is -2.36. The van der Waals surface area contributed by atoms with Crippen LogP contribution in [0, 0.1) is 15.5 Å². The Kier molecular flexibility index (Phi) is 5.21. The molecule has 1 aromatic carbocycles. The minimum absolute atomic E-state index is 0.0501. The molecule has 0 amide bonds. The van der Waals surface area contributed by atoms with Crippen LogP contribution in [0.25, 0.3) is 0 Å². The van der Waals surface area contributed by atoms with Crippen LogP contribution in [0.3, 0.4) is 0 Å². The second-order valence-corrected chi connectivity index (χ2v) is 7.89. The number of allylic oxidation sites excluding steroid dienone is 3. The molecule has 1 aliphatic heterocycles. The highest BCUT2D eigenvalue weighted by molar-refractivity contribution is 6.03. The van der Waals surface area contributed by atoms with E-state index >= 15 is 0 Å². The van der Waals surface area contributed by atoms with Crippen molar-refractivity contribution in [3.05, 3.63) is 62.6 Å². The Bertz CT molecular complexity index is 989. The fourth-order valence-corrected chi connectivity index (χ4v) is 3.80. The molecule has 160 valence electrons. The lowest BCUT2D eigenvalue weighted by Gasteiger charge is -2.38. The highest BCUT2D eigenvalue weighted by Gasteiger charge is 2.51. The van der Waals surface area contributed by atoms with Crippen molar-refractivity contribution in [2.45, 2.75) is 38.8 Å². The minimum atomic E-state index is -5.02. The Labute approximate surface area is 169 Å². The third-order valence-corrected chi connectivity index (χ3v) is 5.03. The summed E-state index contributed by atoms with van der Waals surface area (Å²) in [5, 5.41) is 10.9. The molecule has 10 heteroatoms. The molecule has 0 aromatic heterocycles. The molecule has 7 nitrogen and oxygen atoms in total. The van der Waals surface area contributed by atoms with Gasteiger partial charge in [0.15, 0.2) is 5.78 Å². The quantitative estimate of drug-likeness (QED) is 0.406. The summed E-state index contributed by atoms with van der Waals surface area (Å²) in [5.41, 5.74) is -1.71. The highest BCUT2D eigenvalue weighted by atomic mass is 19.4. The molecule has 0 saturated carbocycles. The number of hydrogen-bond acceptors (Lipinski definition) is 6. The molecule has 1 unspecified atom stereocenters. The Morgan fingerprint density at radius 3 is 2.33 bits per heavy atom. The summed E-state index contributed by atoms with van der Waals surface area (Å²) in [7, 11) is 0.923. The van der Waals surface area contributed by atoms with Crippen molar-refractivity contribution in [2.24, 2.45) is 5.41 Å². The molecule has 0 saturated heterocycles. The number of hydrogen-bond donors (Lipinski definition) is 0. The number of Topliss-reactive ketones (excluding diaryl/α,β-unsaturated/α-hetero) is 1. The summed E-state index contributed by atoms with van der Waals surface area (Å²) >= 11 is 0. The number of rotatable bonds is 3. The molecule has 3 rings (SSSR count). The van der Waals surface area contributed by atoms with Crippen LogP contribution in [0.2, 0.25) is 0 Å². The average molecular weight is 425 g/mol. The van der Waals surface area contributed by atoms with Crippen molar-refractivity contribution >= 4 is 17.4 Å². The van der Waals surface area contributed by atoms with Gasteiger partial charge in [-0.2, -0.15) is 13.2 Å². The first kappa shape index (κ1) is 21.5. The first-order valence-corrected chi connectivity index (χ1v) is 8.94. The van der Waals surface area contributed by atoms with E-state index in [2.05, 4.69) is 4.74 Å². The van der Waals surface area contributed by atoms with Crippen molar-refractivity contribution in [1.82, 2.24) is 0 Å². The van der Waals surface area contributed by atoms with E-state index in [0.717, 1.165) is 19.2 Å². The number of benzene rings is 1. The summed E-state index contributed by atoms with van der Waals surface area (Å²) < 4.78 is 51.1. The van der Waals surface area contributed by atoms with Crippen molar-refractivity contribution in [2.75, 3.05) is 7.11 Å². The van der Waals surface area contributed by atoms with E-state index in [1.165, 1.54) is 12.1 Å². The van der Waals surface area contributed by atoms with E-state index in [9.17, 15) is 32.9 Å². The monoisotopic (exact) mass is 425 g/mol. The Balaban J connectivity index is 2.28. The molecule has 1 aromatic rings. The molecule has 0 bridgehead atoms. The van der Waals surface area contributed by atoms with Gasteiger partial charge in [-0.1, -0.05) is 26.0 Å². The van der Waals surface area contributed by atoms with E-state index < -0.39 is 45.5 Å². The number of alkyl halides is 3. The maximum Gasteiger partial charge on any atom is 0.450 e. The fraction of sp³-hybridized carbons (Fsp3) is 0.400. The zero-order valence-electron chi connectivity index (χ0n) is 16.3. The van der Waals surface area contributed by atoms with E-state index in [4.69, 9.17) is 4.74 Å². The number of nitro groups is 1. The van der Waals surface area contributed by atoms with Crippen LogP contribution >= 0.6 is 0 Å². The molecule has 2 aliphatic rings. The van der Waals surface area contributed by atoms with Gasteiger partial charge in [0, 0.05) is 30.5 Å². The maximum absolute atomic E-state index is 13.8. The molecule has 0 radical (unpaired) electrons. The zero-order valence-corrected chi connectivity index (χ0v) is 16.3. The fourth-order valence-electron chi connectivity index (χ4n) is 3.80. The Hall–Kier alpha value is -3.17. The van der Waals surface area contributed by atoms with Crippen molar-refractivity contribution in [1.29, 1.82) is 0 Å². The van der Waals surface area contributed by atoms with Gasteiger partial charge in [-0.15, -0.1) is 0 Å². The van der Waals surface area contributed by atoms with Crippen molar-refractivity contribution in [3.63, 3.8) is 0 Å². The van der Waals surface area contributed by atoms with Crippen LogP contribution in [-0.2, 0) is 19.1 Å². The van der Waals surface area contributed by atoms with Crippen molar-refractivity contribution < 1.29 is 37.2 Å². The van der Waals surface area contributed by atoms with Gasteiger partial charge in [0.25, 0.3) is 5.69 Å². The van der Waals surface area contributed by atoms with Crippen LogP contribution in [0.1, 0.15) is 38.2 Å². The Morgan fingerprint density at radius 1 is 1.23 bits per heavy atom. The predicted octanol–water partition coefficient (Wildman–Crippen LogP) is 4.34. The van der Waals surface area contributed by atoms with Gasteiger partial charge < -0.3 is 9.47 Å². The second kappa shape index (κ2) is 7.26. The summed E-state index contributed by atoms with van der Waals surface area (Å²) in [4.78, 5) is 35.6. The first-order valence-electron chi connectivity index (χ1n) is 8.94. The topological polar surface area (TPSA) is 95.7 Å². The van der Waals surface area contributed by atoms with Gasteiger partial charge in [0.05, 0.1) is 23.5 Å². The number of nitrogens with zero attached hydrogens (tertiary/aromatic N) is 1. The SMILES string of the molecule is COC(=O)C1=C(C(F)(F)F)OC2=C(C(=O)CC(C)(C)C2)C1c1ccc([N+](=O)[O-])cc1. The van der Waals surface area contributed by atoms with E-state index in [1.54, 1.807) is 13.8 Å². The third kappa shape index (κ3) is 3.81.